The van der Waals surface area contributed by atoms with Crippen LogP contribution in [-0.2, 0) is 0 Å². The van der Waals surface area contributed by atoms with Crippen molar-refractivity contribution in [3.8, 4) is 18.1 Å². The molecule has 1 aromatic carbocycles. The summed E-state index contributed by atoms with van der Waals surface area (Å²) in [5, 5.41) is 0. The second kappa shape index (κ2) is 6.92. The average Bonchev–Trinajstić information content (AvgIpc) is 2.38. The van der Waals surface area contributed by atoms with Crippen LogP contribution in [0, 0.1) is 12.3 Å². The van der Waals surface area contributed by atoms with Gasteiger partial charge in [-0.2, -0.15) is 0 Å². The Balaban J connectivity index is 3.11. The first kappa shape index (κ1) is 16.7. The topological polar surface area (TPSA) is 31.3 Å². The molecule has 1 rings (SSSR count). The summed E-state index contributed by atoms with van der Waals surface area (Å²) < 4.78 is 6.26. The average molecular weight is 294 g/mol. The van der Waals surface area contributed by atoms with E-state index >= 15 is 0 Å². The molecule has 5 nitrogen and oxygen atoms in total. The van der Waals surface area contributed by atoms with Crippen molar-refractivity contribution in [1.29, 1.82) is 0 Å². The molecular weight excluding hydrogens is 271 g/mol. The zero-order valence-corrected chi connectivity index (χ0v) is 13.9. The van der Waals surface area contributed by atoms with Gasteiger partial charge < -0.3 is 4.84 Å². The van der Waals surface area contributed by atoms with Gasteiger partial charge in [-0.25, -0.2) is 14.0 Å². The van der Waals surface area contributed by atoms with Gasteiger partial charge in [0.2, 0.25) is 7.51 Å². The van der Waals surface area contributed by atoms with E-state index in [2.05, 4.69) is 24.8 Å². The lowest BCUT2D eigenvalue weighted by Gasteiger charge is -2.39. The van der Waals surface area contributed by atoms with Crippen molar-refractivity contribution in [2.75, 3.05) is 42.3 Å². The second-order valence-electron chi connectivity index (χ2n) is 4.92. The third-order valence-electron chi connectivity index (χ3n) is 2.89. The van der Waals surface area contributed by atoms with Gasteiger partial charge in [-0.1, -0.05) is 10.8 Å². The lowest BCUT2D eigenvalue weighted by molar-refractivity contribution is 0.324. The summed E-state index contributed by atoms with van der Waals surface area (Å²) in [7, 11) is 9.98. The maximum atomic E-state index is 5.64. The fourth-order valence-corrected chi connectivity index (χ4v) is 4.79. The first-order chi connectivity index (χ1) is 9.34. The number of terminal acetylenes is 1. The molecular formula is C14H23N4OP. The maximum absolute atomic E-state index is 5.64. The molecule has 1 aromatic rings. The molecule has 0 aliphatic carbocycles. The van der Waals surface area contributed by atoms with E-state index in [0.717, 1.165) is 5.56 Å². The van der Waals surface area contributed by atoms with Gasteiger partial charge >= 0.3 is 0 Å². The normalized spacial score (nSPS) is 11.8. The van der Waals surface area contributed by atoms with Crippen LogP contribution in [0.4, 0.5) is 0 Å². The van der Waals surface area contributed by atoms with E-state index in [4.69, 9.17) is 11.3 Å². The molecule has 0 heterocycles. The Kier molecular flexibility index (Phi) is 5.79. The molecule has 20 heavy (non-hydrogen) atoms. The first-order valence-corrected chi connectivity index (χ1v) is 7.83. The van der Waals surface area contributed by atoms with Gasteiger partial charge in [0.05, 0.1) is 0 Å². The minimum atomic E-state index is -2.03. The van der Waals surface area contributed by atoms with Crippen molar-refractivity contribution >= 4 is 7.51 Å². The molecule has 0 N–H and O–H groups in total. The van der Waals surface area contributed by atoms with E-state index < -0.39 is 7.51 Å². The van der Waals surface area contributed by atoms with E-state index in [0.29, 0.717) is 5.75 Å². The third kappa shape index (κ3) is 3.41. The second-order valence-corrected chi connectivity index (χ2v) is 8.56. The fourth-order valence-electron chi connectivity index (χ4n) is 2.01. The Morgan fingerprint density at radius 2 is 1.40 bits per heavy atom. The Morgan fingerprint density at radius 3 is 1.75 bits per heavy atom. The molecule has 0 fully saturated rings. The van der Waals surface area contributed by atoms with Crippen LogP contribution in [0.25, 0.3) is 0 Å². The summed E-state index contributed by atoms with van der Waals surface area (Å²) in [6, 6.07) is 7.33. The number of hydrogen-bond acceptors (Lipinski definition) is 2. The van der Waals surface area contributed by atoms with E-state index in [-0.39, 0.29) is 0 Å². The lowest BCUT2D eigenvalue weighted by Crippen LogP contribution is -2.31. The van der Waals surface area contributed by atoms with E-state index in [9.17, 15) is 0 Å². The highest BCUT2D eigenvalue weighted by Crippen LogP contribution is 2.54. The SMILES string of the molecule is C#Cc1ccc(ON=P(N(C)C)(N(C)C)N(C)C)cc1. The number of nitrogens with zero attached hydrogens (tertiary/aromatic N) is 4. The summed E-state index contributed by atoms with van der Waals surface area (Å²) in [4.78, 5) is 10.2. The Hall–Kier alpha value is -1.31. The molecule has 0 saturated carbocycles. The van der Waals surface area contributed by atoms with Gasteiger partial charge in [0.15, 0.2) is 5.75 Å². The van der Waals surface area contributed by atoms with Crippen molar-refractivity contribution in [3.05, 3.63) is 29.8 Å². The van der Waals surface area contributed by atoms with Crippen molar-refractivity contribution in [3.63, 3.8) is 0 Å². The predicted octanol–water partition coefficient (Wildman–Crippen LogP) is 2.59. The Bertz CT molecular complexity index is 501. The zero-order valence-electron chi connectivity index (χ0n) is 13.0. The third-order valence-corrected chi connectivity index (χ3v) is 6.41. The summed E-state index contributed by atoms with van der Waals surface area (Å²) in [5.74, 6) is 3.26. The molecule has 0 atom stereocenters. The fraction of sp³-hybridized carbons (Fsp3) is 0.429. The van der Waals surface area contributed by atoms with E-state index in [1.807, 2.05) is 66.6 Å². The van der Waals surface area contributed by atoms with Gasteiger partial charge in [0.25, 0.3) is 0 Å². The van der Waals surface area contributed by atoms with Crippen LogP contribution in [0.2, 0.25) is 0 Å². The van der Waals surface area contributed by atoms with E-state index in [1.54, 1.807) is 0 Å². The minimum Gasteiger partial charge on any atom is -0.355 e. The van der Waals surface area contributed by atoms with Gasteiger partial charge in [0, 0.05) is 5.56 Å². The number of benzene rings is 1. The summed E-state index contributed by atoms with van der Waals surface area (Å²) in [6.45, 7) is 0. The summed E-state index contributed by atoms with van der Waals surface area (Å²) in [6.07, 6.45) is 5.33. The quantitative estimate of drug-likeness (QED) is 0.474. The summed E-state index contributed by atoms with van der Waals surface area (Å²) >= 11 is 0. The smallest absolute Gasteiger partial charge is 0.210 e. The van der Waals surface area contributed by atoms with Crippen LogP contribution in [-0.4, -0.2) is 56.3 Å². The first-order valence-electron chi connectivity index (χ1n) is 6.23. The lowest BCUT2D eigenvalue weighted by atomic mass is 10.2. The standard InChI is InChI=1S/C14H23N4OP/c1-8-13-9-11-14(12-10-13)19-15-20(16(2)3,17(4)5)18(6)7/h1,9-12H,2-7H3. The molecule has 0 aliphatic rings. The molecule has 0 amide bonds. The van der Waals surface area contributed by atoms with Crippen LogP contribution >= 0.6 is 7.51 Å². The van der Waals surface area contributed by atoms with E-state index in [1.165, 1.54) is 0 Å². The molecule has 0 aromatic heterocycles. The molecule has 110 valence electrons. The van der Waals surface area contributed by atoms with Crippen molar-refractivity contribution in [2.24, 2.45) is 4.91 Å². The van der Waals surface area contributed by atoms with Crippen molar-refractivity contribution < 1.29 is 4.84 Å². The highest BCUT2D eigenvalue weighted by atomic mass is 31.2. The highest BCUT2D eigenvalue weighted by molar-refractivity contribution is 7.58. The predicted molar refractivity (Wildman–Crippen MR) is 85.4 cm³/mol. The van der Waals surface area contributed by atoms with Crippen LogP contribution in [0.1, 0.15) is 5.56 Å². The van der Waals surface area contributed by atoms with Crippen molar-refractivity contribution in [1.82, 2.24) is 14.0 Å². The van der Waals surface area contributed by atoms with Gasteiger partial charge in [0.1, 0.15) is 0 Å². The van der Waals surface area contributed by atoms with Crippen molar-refractivity contribution in [2.45, 2.75) is 0 Å². The number of rotatable bonds is 5. The highest BCUT2D eigenvalue weighted by Gasteiger charge is 2.29. The summed E-state index contributed by atoms with van der Waals surface area (Å²) in [5.41, 5.74) is 0.825. The Morgan fingerprint density at radius 1 is 0.950 bits per heavy atom. The Labute approximate surface area is 122 Å². The maximum Gasteiger partial charge on any atom is 0.210 e. The molecule has 0 aliphatic heterocycles. The van der Waals surface area contributed by atoms with Gasteiger partial charge in [-0.3, -0.25) is 0 Å². The molecule has 0 spiro atoms. The molecule has 0 unspecified atom stereocenters. The van der Waals surface area contributed by atoms with Crippen LogP contribution in [0.3, 0.4) is 0 Å². The van der Waals surface area contributed by atoms with Crippen LogP contribution < -0.4 is 4.84 Å². The van der Waals surface area contributed by atoms with Gasteiger partial charge in [-0.05, 0) is 66.6 Å². The van der Waals surface area contributed by atoms with Crippen LogP contribution in [0.15, 0.2) is 29.2 Å². The molecule has 0 radical (unpaired) electrons. The zero-order chi connectivity index (χ0) is 15.3. The monoisotopic (exact) mass is 294 g/mol. The molecule has 0 saturated heterocycles. The number of hydrogen-bond donors (Lipinski definition) is 0. The molecule has 0 bridgehead atoms. The largest absolute Gasteiger partial charge is 0.355 e. The van der Waals surface area contributed by atoms with Gasteiger partial charge in [-0.15, -0.1) is 6.42 Å². The molecule has 6 heteroatoms. The minimum absolute atomic E-state index is 0.680. The van der Waals surface area contributed by atoms with Crippen LogP contribution in [0.5, 0.6) is 5.75 Å².